The Bertz CT molecular complexity index is 163. The van der Waals surface area contributed by atoms with E-state index in [-0.39, 0.29) is 30.9 Å². The zero-order valence-electron chi connectivity index (χ0n) is 9.02. The quantitative estimate of drug-likeness (QED) is 0.771. The van der Waals surface area contributed by atoms with Crippen molar-refractivity contribution in [2.24, 2.45) is 5.92 Å². The predicted octanol–water partition coefficient (Wildman–Crippen LogP) is 0.896. The van der Waals surface area contributed by atoms with Crippen molar-refractivity contribution >= 4 is 24.8 Å². The fraction of sp³-hybridized carbons (Fsp3) is 1.00. The minimum Gasteiger partial charge on any atom is -0.392 e. The minimum atomic E-state index is -0.0588. The minimum absolute atomic E-state index is 0. The summed E-state index contributed by atoms with van der Waals surface area (Å²) in [6.45, 7) is 5.55. The van der Waals surface area contributed by atoms with Gasteiger partial charge in [0.1, 0.15) is 0 Å². The Hall–Kier alpha value is 0.460. The van der Waals surface area contributed by atoms with Crippen molar-refractivity contribution in [1.29, 1.82) is 0 Å². The van der Waals surface area contributed by atoms with Gasteiger partial charge in [-0.1, -0.05) is 0 Å². The Kier molecular flexibility index (Phi) is 7.92. The van der Waals surface area contributed by atoms with Crippen LogP contribution in [0.5, 0.6) is 0 Å². The van der Waals surface area contributed by atoms with Crippen LogP contribution in [0.2, 0.25) is 0 Å². The fourth-order valence-electron chi connectivity index (χ4n) is 2.42. The van der Waals surface area contributed by atoms with Crippen LogP contribution in [0.3, 0.4) is 0 Å². The molecular formula is C10H22Cl2N2O. The van der Waals surface area contributed by atoms with Crippen molar-refractivity contribution in [3.63, 3.8) is 0 Å². The number of aliphatic hydroxyl groups excluding tert-OH is 1. The van der Waals surface area contributed by atoms with Gasteiger partial charge in [0.05, 0.1) is 6.10 Å². The molecule has 0 aromatic heterocycles. The second-order valence-electron chi connectivity index (χ2n) is 4.41. The van der Waals surface area contributed by atoms with Crippen molar-refractivity contribution < 1.29 is 5.11 Å². The summed E-state index contributed by atoms with van der Waals surface area (Å²) in [5.74, 6) is 0.819. The van der Waals surface area contributed by atoms with Crippen molar-refractivity contribution in [3.05, 3.63) is 0 Å². The molecule has 2 aliphatic heterocycles. The second kappa shape index (κ2) is 7.69. The van der Waals surface area contributed by atoms with Gasteiger partial charge < -0.3 is 15.3 Å². The van der Waals surface area contributed by atoms with Crippen molar-refractivity contribution in [3.8, 4) is 0 Å². The van der Waals surface area contributed by atoms with E-state index >= 15 is 0 Å². The van der Waals surface area contributed by atoms with Gasteiger partial charge >= 0.3 is 0 Å². The first-order valence-electron chi connectivity index (χ1n) is 5.46. The van der Waals surface area contributed by atoms with Gasteiger partial charge in [-0.2, -0.15) is 0 Å². The highest BCUT2D eigenvalue weighted by Crippen LogP contribution is 2.15. The molecule has 0 aliphatic carbocycles. The maximum Gasteiger partial charge on any atom is 0.0679 e. The molecule has 0 bridgehead atoms. The van der Waals surface area contributed by atoms with Gasteiger partial charge in [0.2, 0.25) is 0 Å². The first-order chi connectivity index (χ1) is 6.34. The van der Waals surface area contributed by atoms with E-state index in [0.29, 0.717) is 0 Å². The van der Waals surface area contributed by atoms with Gasteiger partial charge in [0, 0.05) is 19.6 Å². The van der Waals surface area contributed by atoms with Crippen molar-refractivity contribution in [2.45, 2.75) is 25.4 Å². The van der Waals surface area contributed by atoms with Gasteiger partial charge in [0.25, 0.3) is 0 Å². The van der Waals surface area contributed by atoms with Crippen LogP contribution >= 0.6 is 24.8 Å². The van der Waals surface area contributed by atoms with Crippen LogP contribution in [0.4, 0.5) is 0 Å². The highest BCUT2D eigenvalue weighted by Gasteiger charge is 2.23. The number of hydrogen-bond donors (Lipinski definition) is 2. The smallest absolute Gasteiger partial charge is 0.0679 e. The standard InChI is InChI=1S/C10H20N2O.2ClH/c13-10-3-5-12(8-10)7-9-2-1-4-11-6-9;;/h9-11,13H,1-8H2;2*1H. The van der Waals surface area contributed by atoms with E-state index in [0.717, 1.165) is 25.4 Å². The Morgan fingerprint density at radius 3 is 2.60 bits per heavy atom. The molecule has 2 unspecified atom stereocenters. The summed E-state index contributed by atoms with van der Waals surface area (Å²) < 4.78 is 0. The molecule has 2 fully saturated rings. The van der Waals surface area contributed by atoms with Crippen LogP contribution < -0.4 is 5.32 Å². The third-order valence-corrected chi connectivity index (χ3v) is 3.16. The molecular weight excluding hydrogens is 235 g/mol. The Morgan fingerprint density at radius 2 is 2.07 bits per heavy atom. The lowest BCUT2D eigenvalue weighted by Gasteiger charge is -2.27. The molecule has 0 aromatic rings. The molecule has 2 rings (SSSR count). The van der Waals surface area contributed by atoms with Gasteiger partial charge in [-0.05, 0) is 38.3 Å². The maximum absolute atomic E-state index is 9.37. The summed E-state index contributed by atoms with van der Waals surface area (Å²) in [4.78, 5) is 2.41. The number of β-amino-alcohol motifs (C(OH)–C–C–N with tert-alkyl or cyclic N) is 1. The molecule has 15 heavy (non-hydrogen) atoms. The van der Waals surface area contributed by atoms with Crippen LogP contribution in [0, 0.1) is 5.92 Å². The molecule has 0 radical (unpaired) electrons. The summed E-state index contributed by atoms with van der Waals surface area (Å²) in [7, 11) is 0. The summed E-state index contributed by atoms with van der Waals surface area (Å²) in [6.07, 6.45) is 3.59. The van der Waals surface area contributed by atoms with E-state index in [4.69, 9.17) is 0 Å². The zero-order valence-corrected chi connectivity index (χ0v) is 10.7. The van der Waals surface area contributed by atoms with Crippen LogP contribution in [0.25, 0.3) is 0 Å². The van der Waals surface area contributed by atoms with E-state index in [1.165, 1.54) is 32.5 Å². The van der Waals surface area contributed by atoms with E-state index < -0.39 is 0 Å². The second-order valence-corrected chi connectivity index (χ2v) is 4.41. The van der Waals surface area contributed by atoms with Gasteiger partial charge in [-0.15, -0.1) is 24.8 Å². The molecule has 2 aliphatic rings. The van der Waals surface area contributed by atoms with Crippen LogP contribution in [-0.4, -0.2) is 48.8 Å². The lowest BCUT2D eigenvalue weighted by molar-refractivity contribution is 0.165. The normalized spacial score (nSPS) is 31.8. The monoisotopic (exact) mass is 256 g/mol. The molecule has 2 heterocycles. The molecule has 2 saturated heterocycles. The van der Waals surface area contributed by atoms with E-state index in [9.17, 15) is 5.11 Å². The third kappa shape index (κ3) is 4.87. The van der Waals surface area contributed by atoms with Gasteiger partial charge in [-0.3, -0.25) is 0 Å². The van der Waals surface area contributed by atoms with Crippen molar-refractivity contribution in [2.75, 3.05) is 32.7 Å². The summed E-state index contributed by atoms with van der Waals surface area (Å²) >= 11 is 0. The number of likely N-dealkylation sites (tertiary alicyclic amines) is 1. The Balaban J connectivity index is 0.000000980. The SMILES string of the molecule is Cl.Cl.OC1CCN(CC2CCCNC2)C1. The molecule has 0 aromatic carbocycles. The number of nitrogens with one attached hydrogen (secondary N) is 1. The van der Waals surface area contributed by atoms with Gasteiger partial charge in [0.15, 0.2) is 0 Å². The number of hydrogen-bond acceptors (Lipinski definition) is 3. The topological polar surface area (TPSA) is 35.5 Å². The first-order valence-corrected chi connectivity index (χ1v) is 5.46. The van der Waals surface area contributed by atoms with E-state index in [2.05, 4.69) is 10.2 Å². The molecule has 2 N–H and O–H groups in total. The lowest BCUT2D eigenvalue weighted by Crippen LogP contribution is -2.37. The highest BCUT2D eigenvalue weighted by atomic mass is 35.5. The molecule has 0 spiro atoms. The summed E-state index contributed by atoms with van der Waals surface area (Å²) in [5, 5.41) is 12.8. The largest absolute Gasteiger partial charge is 0.392 e. The summed E-state index contributed by atoms with van der Waals surface area (Å²) in [6, 6.07) is 0. The Labute approximate surface area is 104 Å². The molecule has 0 saturated carbocycles. The number of piperidine rings is 1. The van der Waals surface area contributed by atoms with E-state index in [1.807, 2.05) is 0 Å². The number of nitrogens with zero attached hydrogens (tertiary/aromatic N) is 1. The summed E-state index contributed by atoms with van der Waals surface area (Å²) in [5.41, 5.74) is 0. The molecule has 3 nitrogen and oxygen atoms in total. The van der Waals surface area contributed by atoms with E-state index in [1.54, 1.807) is 0 Å². The Morgan fingerprint density at radius 1 is 1.27 bits per heavy atom. The third-order valence-electron chi connectivity index (χ3n) is 3.16. The van der Waals surface area contributed by atoms with Gasteiger partial charge in [-0.25, -0.2) is 0 Å². The van der Waals surface area contributed by atoms with Crippen molar-refractivity contribution in [1.82, 2.24) is 10.2 Å². The molecule has 0 amide bonds. The van der Waals surface area contributed by atoms with Crippen LogP contribution in [-0.2, 0) is 0 Å². The molecule has 2 atom stereocenters. The number of rotatable bonds is 2. The maximum atomic E-state index is 9.37. The predicted molar refractivity (Wildman–Crippen MR) is 67.2 cm³/mol. The molecule has 92 valence electrons. The first kappa shape index (κ1) is 15.5. The average Bonchev–Trinajstić information content (AvgIpc) is 2.53. The highest BCUT2D eigenvalue weighted by molar-refractivity contribution is 5.85. The average molecular weight is 257 g/mol. The number of halogens is 2. The van der Waals surface area contributed by atoms with Crippen LogP contribution in [0.15, 0.2) is 0 Å². The van der Waals surface area contributed by atoms with Crippen LogP contribution in [0.1, 0.15) is 19.3 Å². The zero-order chi connectivity index (χ0) is 9.10. The fourth-order valence-corrected chi connectivity index (χ4v) is 2.42. The number of aliphatic hydroxyl groups is 1. The lowest BCUT2D eigenvalue weighted by atomic mass is 9.99. The molecule has 5 heteroatoms.